The van der Waals surface area contributed by atoms with Crippen LogP contribution >= 0.6 is 23.2 Å². The average molecular weight is 527 g/mol. The van der Waals surface area contributed by atoms with Crippen LogP contribution < -0.4 is 9.47 Å². The molecule has 0 saturated carbocycles. The molecule has 0 aliphatic heterocycles. The largest absolute Gasteiger partial charge is 0.489 e. The number of nitrogens with zero attached hydrogens (tertiary/aromatic N) is 2. The van der Waals surface area contributed by atoms with E-state index in [0.29, 0.717) is 33.7 Å². The minimum atomic E-state index is -1.29. The monoisotopic (exact) mass is 526 g/mol. The highest BCUT2D eigenvalue weighted by Gasteiger charge is 2.20. The predicted molar refractivity (Wildman–Crippen MR) is 134 cm³/mol. The lowest BCUT2D eigenvalue weighted by Crippen LogP contribution is -2.15. The lowest BCUT2D eigenvalue weighted by molar-refractivity contribution is -0.137. The van der Waals surface area contributed by atoms with Crippen LogP contribution in [-0.2, 0) is 24.6 Å². The van der Waals surface area contributed by atoms with Crippen LogP contribution in [0.4, 0.5) is 0 Å². The second-order valence-electron chi connectivity index (χ2n) is 7.76. The summed E-state index contributed by atoms with van der Waals surface area (Å²) in [5.74, 6) is -1.60. The summed E-state index contributed by atoms with van der Waals surface area (Å²) >= 11 is 11.9. The van der Waals surface area contributed by atoms with Gasteiger partial charge in [0, 0.05) is 21.7 Å². The molecule has 0 amide bonds. The molecule has 10 heteroatoms. The van der Waals surface area contributed by atoms with Crippen molar-refractivity contribution in [3.05, 3.63) is 99.7 Å². The zero-order chi connectivity index (χ0) is 25.7. The minimum absolute atomic E-state index is 0.201. The van der Waals surface area contributed by atoms with Gasteiger partial charge in [0.05, 0.1) is 5.69 Å². The fourth-order valence-corrected chi connectivity index (χ4v) is 3.63. The number of benzene rings is 3. The fourth-order valence-electron chi connectivity index (χ4n) is 3.38. The number of carboxylic acids is 2. The van der Waals surface area contributed by atoms with E-state index < -0.39 is 18.5 Å². The summed E-state index contributed by atoms with van der Waals surface area (Å²) in [6, 6.07) is 20.8. The van der Waals surface area contributed by atoms with E-state index in [-0.39, 0.29) is 18.0 Å². The van der Waals surface area contributed by atoms with Crippen LogP contribution in [0.1, 0.15) is 21.6 Å². The molecule has 4 aromatic rings. The van der Waals surface area contributed by atoms with Gasteiger partial charge in [0.15, 0.2) is 0 Å². The summed E-state index contributed by atoms with van der Waals surface area (Å²) < 4.78 is 12.9. The molecule has 0 bridgehead atoms. The van der Waals surface area contributed by atoms with Crippen molar-refractivity contribution < 1.29 is 29.3 Å². The molecule has 0 atom stereocenters. The van der Waals surface area contributed by atoms with E-state index >= 15 is 0 Å². The molecule has 0 aliphatic rings. The summed E-state index contributed by atoms with van der Waals surface area (Å²) in [5, 5.41) is 24.1. The van der Waals surface area contributed by atoms with E-state index in [1.165, 1.54) is 6.07 Å². The van der Waals surface area contributed by atoms with E-state index in [1.807, 2.05) is 24.3 Å². The van der Waals surface area contributed by atoms with Gasteiger partial charge in [-0.3, -0.25) is 4.79 Å². The fraction of sp³-hybridized carbons (Fsp3) is 0.115. The van der Waals surface area contributed by atoms with Crippen molar-refractivity contribution in [3.63, 3.8) is 0 Å². The van der Waals surface area contributed by atoms with Crippen molar-refractivity contribution in [3.8, 4) is 22.8 Å². The molecular weight excluding hydrogens is 507 g/mol. The summed E-state index contributed by atoms with van der Waals surface area (Å²) in [6.07, 6.45) is 0. The molecule has 3 aromatic carbocycles. The molecular formula is C26H20Cl2N2O6. The van der Waals surface area contributed by atoms with Crippen LogP contribution in [0.2, 0.25) is 10.0 Å². The highest BCUT2D eigenvalue weighted by Crippen LogP contribution is 2.34. The molecule has 0 spiro atoms. The summed E-state index contributed by atoms with van der Waals surface area (Å²) in [7, 11) is 0. The lowest BCUT2D eigenvalue weighted by atomic mass is 10.1. The van der Waals surface area contributed by atoms with E-state index in [0.717, 1.165) is 15.8 Å². The summed E-state index contributed by atoms with van der Waals surface area (Å²) in [4.78, 5) is 22.8. The lowest BCUT2D eigenvalue weighted by Gasteiger charge is -2.13. The number of aromatic carboxylic acids is 1. The first-order chi connectivity index (χ1) is 17.3. The molecule has 0 radical (unpaired) electrons. The maximum Gasteiger partial charge on any atom is 0.354 e. The van der Waals surface area contributed by atoms with Gasteiger partial charge in [-0.1, -0.05) is 47.5 Å². The summed E-state index contributed by atoms with van der Waals surface area (Å²) in [5.41, 5.74) is 2.27. The van der Waals surface area contributed by atoms with E-state index in [2.05, 4.69) is 5.10 Å². The van der Waals surface area contributed by atoms with Crippen molar-refractivity contribution in [2.45, 2.75) is 19.8 Å². The predicted octanol–water partition coefficient (Wildman–Crippen LogP) is 5.80. The molecule has 36 heavy (non-hydrogen) atoms. The van der Waals surface area contributed by atoms with Crippen LogP contribution in [0.3, 0.4) is 0 Å². The Bertz CT molecular complexity index is 1380. The second kappa shape index (κ2) is 11.2. The number of aliphatic carboxylic acids is 1. The third-order valence-electron chi connectivity index (χ3n) is 5.14. The van der Waals surface area contributed by atoms with Crippen LogP contribution in [0, 0.1) is 0 Å². The van der Waals surface area contributed by atoms with Gasteiger partial charge >= 0.3 is 11.9 Å². The van der Waals surface area contributed by atoms with Gasteiger partial charge in [0.25, 0.3) is 0 Å². The smallest absolute Gasteiger partial charge is 0.354 e. The number of halogens is 2. The highest BCUT2D eigenvalue weighted by molar-refractivity contribution is 6.30. The van der Waals surface area contributed by atoms with E-state index in [4.69, 9.17) is 37.8 Å². The number of rotatable bonds is 10. The zero-order valence-corrected chi connectivity index (χ0v) is 20.2. The molecule has 184 valence electrons. The Morgan fingerprint density at radius 3 is 1.94 bits per heavy atom. The maximum atomic E-state index is 11.6. The van der Waals surface area contributed by atoms with Crippen LogP contribution in [-0.4, -0.2) is 31.9 Å². The number of aromatic nitrogens is 2. The molecule has 0 unspecified atom stereocenters. The molecule has 4 rings (SSSR count). The Balaban J connectivity index is 1.65. The number of hydrogen-bond acceptors (Lipinski definition) is 5. The Kier molecular flexibility index (Phi) is 7.77. The molecule has 1 aromatic heterocycles. The van der Waals surface area contributed by atoms with Gasteiger partial charge in [-0.2, -0.15) is 5.10 Å². The van der Waals surface area contributed by atoms with Crippen LogP contribution in [0.15, 0.2) is 72.8 Å². The van der Waals surface area contributed by atoms with Gasteiger partial charge in [-0.25, -0.2) is 9.48 Å². The van der Waals surface area contributed by atoms with E-state index in [1.54, 1.807) is 42.5 Å². The first-order valence-corrected chi connectivity index (χ1v) is 11.5. The second-order valence-corrected chi connectivity index (χ2v) is 8.63. The van der Waals surface area contributed by atoms with Gasteiger partial charge < -0.3 is 19.7 Å². The van der Waals surface area contributed by atoms with Gasteiger partial charge in [0.1, 0.15) is 37.0 Å². The normalized spacial score (nSPS) is 10.7. The maximum absolute atomic E-state index is 11.6. The highest BCUT2D eigenvalue weighted by atomic mass is 35.5. The standard InChI is InChI=1S/C26H20Cl2N2O6/c27-18-5-1-16(2-6-18)14-35-20-9-10-21(22-12-23(26(33)34)30(29-22)13-25(31)32)24(11-20)36-15-17-3-7-19(28)8-4-17/h1-12H,13-15H2,(H,31,32)(H,33,34). The Morgan fingerprint density at radius 2 is 1.39 bits per heavy atom. The van der Waals surface area contributed by atoms with E-state index in [9.17, 15) is 14.7 Å². The Labute approximate surface area is 216 Å². The first kappa shape index (κ1) is 25.1. The molecule has 8 nitrogen and oxygen atoms in total. The van der Waals surface area contributed by atoms with Gasteiger partial charge in [-0.05, 0) is 53.6 Å². The SMILES string of the molecule is O=C(O)Cn1nc(-c2ccc(OCc3ccc(Cl)cc3)cc2OCc2ccc(Cl)cc2)cc1C(=O)O. The number of ether oxygens (including phenoxy) is 2. The van der Waals surface area contributed by atoms with Crippen LogP contribution in [0.5, 0.6) is 11.5 Å². The third-order valence-corrected chi connectivity index (χ3v) is 5.64. The molecule has 2 N–H and O–H groups in total. The summed E-state index contributed by atoms with van der Waals surface area (Å²) in [6.45, 7) is -0.0964. The van der Waals surface area contributed by atoms with Crippen molar-refractivity contribution in [2.24, 2.45) is 0 Å². The Morgan fingerprint density at radius 1 is 0.806 bits per heavy atom. The van der Waals surface area contributed by atoms with Crippen molar-refractivity contribution in [1.82, 2.24) is 9.78 Å². The van der Waals surface area contributed by atoms with Crippen molar-refractivity contribution in [2.75, 3.05) is 0 Å². The van der Waals surface area contributed by atoms with Crippen molar-refractivity contribution >= 4 is 35.1 Å². The third kappa shape index (κ3) is 6.35. The average Bonchev–Trinajstić information content (AvgIpc) is 3.26. The first-order valence-electron chi connectivity index (χ1n) is 10.7. The number of carboxylic acid groups (broad SMARTS) is 2. The van der Waals surface area contributed by atoms with Crippen molar-refractivity contribution in [1.29, 1.82) is 0 Å². The quantitative estimate of drug-likeness (QED) is 0.268. The van der Waals surface area contributed by atoms with Gasteiger partial charge in [0.2, 0.25) is 0 Å². The molecule has 0 aliphatic carbocycles. The molecule has 0 saturated heterocycles. The number of hydrogen-bond donors (Lipinski definition) is 2. The molecule has 0 fully saturated rings. The van der Waals surface area contributed by atoms with Crippen LogP contribution in [0.25, 0.3) is 11.3 Å². The Hall–Kier alpha value is -4.01. The zero-order valence-electron chi connectivity index (χ0n) is 18.7. The number of carbonyl (C=O) groups is 2. The topological polar surface area (TPSA) is 111 Å². The molecule has 1 heterocycles. The minimum Gasteiger partial charge on any atom is -0.489 e. The van der Waals surface area contributed by atoms with Gasteiger partial charge in [-0.15, -0.1) is 0 Å².